The van der Waals surface area contributed by atoms with Gasteiger partial charge in [-0.25, -0.2) is 22.6 Å². The van der Waals surface area contributed by atoms with Crippen molar-refractivity contribution < 1.29 is 22.7 Å². The molecule has 10 heteroatoms. The molecule has 30 heavy (non-hydrogen) atoms. The van der Waals surface area contributed by atoms with Crippen LogP contribution in [0.5, 0.6) is 0 Å². The molecular weight excluding hydrogens is 411 g/mol. The quantitative estimate of drug-likeness (QED) is 0.549. The van der Waals surface area contributed by atoms with Crippen LogP contribution < -0.4 is 10.5 Å². The number of carbonyl (C=O) groups is 1. The van der Waals surface area contributed by atoms with Crippen LogP contribution in [-0.2, 0) is 26.8 Å². The van der Waals surface area contributed by atoms with Gasteiger partial charge in [0.1, 0.15) is 10.7 Å². The molecule has 0 saturated carbocycles. The van der Waals surface area contributed by atoms with Gasteiger partial charge in [0.05, 0.1) is 23.9 Å². The Morgan fingerprint density at radius 2 is 1.97 bits per heavy atom. The molecule has 1 amide bonds. The Hall–Kier alpha value is -3.08. The molecule has 2 aromatic carbocycles. The predicted molar refractivity (Wildman–Crippen MR) is 109 cm³/mol. The lowest BCUT2D eigenvalue weighted by atomic mass is 10.0. The number of amides is 1. The smallest absolute Gasteiger partial charge is 0.240 e. The number of aromatic nitrogens is 2. The fraction of sp³-hybridized carbons (Fsp3) is 0.200. The number of nitrogens with two attached hydrogens (primary N) is 1. The highest BCUT2D eigenvalue weighted by atomic mass is 32.2. The van der Waals surface area contributed by atoms with Crippen molar-refractivity contribution in [1.82, 2.24) is 9.78 Å². The molecule has 0 radical (unpaired) electrons. The van der Waals surface area contributed by atoms with Crippen LogP contribution in [0.1, 0.15) is 25.0 Å². The predicted octanol–water partition coefficient (Wildman–Crippen LogP) is 2.07. The molecule has 0 bridgehead atoms. The van der Waals surface area contributed by atoms with Crippen molar-refractivity contribution in [2.45, 2.75) is 30.8 Å². The molecule has 0 fully saturated rings. The summed E-state index contributed by atoms with van der Waals surface area (Å²) in [5.74, 6) is -1.02. The molecule has 0 aliphatic carbocycles. The molecule has 158 valence electrons. The van der Waals surface area contributed by atoms with Crippen LogP contribution in [0, 0.1) is 5.82 Å². The highest BCUT2D eigenvalue weighted by Gasteiger charge is 2.22. The third-order valence-electron chi connectivity index (χ3n) is 4.39. The zero-order valence-electron chi connectivity index (χ0n) is 16.3. The molecule has 0 saturated heterocycles. The number of aliphatic hydroxyl groups is 1. The van der Waals surface area contributed by atoms with E-state index < -0.39 is 27.3 Å². The molecule has 1 heterocycles. The van der Waals surface area contributed by atoms with E-state index in [1.165, 1.54) is 53.5 Å². The first kappa shape index (κ1) is 21.6. The molecule has 0 aliphatic rings. The largest absolute Gasteiger partial charge is 0.386 e. The molecule has 1 aromatic heterocycles. The maximum absolute atomic E-state index is 13.7. The van der Waals surface area contributed by atoms with E-state index in [9.17, 15) is 22.7 Å². The number of hydrogen-bond donors (Lipinski definition) is 3. The van der Waals surface area contributed by atoms with Gasteiger partial charge in [0.15, 0.2) is 0 Å². The summed E-state index contributed by atoms with van der Waals surface area (Å²) in [4.78, 5) is 12.0. The van der Waals surface area contributed by atoms with E-state index in [1.54, 1.807) is 19.9 Å². The average molecular weight is 432 g/mol. The highest BCUT2D eigenvalue weighted by molar-refractivity contribution is 7.89. The van der Waals surface area contributed by atoms with Gasteiger partial charge in [-0.3, -0.25) is 4.79 Å². The molecule has 0 unspecified atom stereocenters. The second kappa shape index (κ2) is 7.98. The minimum absolute atomic E-state index is 0.153. The Labute approximate surface area is 173 Å². The Kier molecular flexibility index (Phi) is 5.75. The van der Waals surface area contributed by atoms with Gasteiger partial charge in [-0.05, 0) is 43.7 Å². The van der Waals surface area contributed by atoms with Gasteiger partial charge in [-0.1, -0.05) is 18.2 Å². The van der Waals surface area contributed by atoms with E-state index in [0.717, 1.165) is 0 Å². The van der Waals surface area contributed by atoms with Crippen LogP contribution in [0.3, 0.4) is 0 Å². The van der Waals surface area contributed by atoms with Gasteiger partial charge < -0.3 is 10.4 Å². The van der Waals surface area contributed by atoms with Crippen molar-refractivity contribution >= 4 is 21.6 Å². The number of carbonyl (C=O) groups excluding carboxylic acids is 1. The summed E-state index contributed by atoms with van der Waals surface area (Å²) in [6.07, 6.45) is 2.69. The molecule has 3 rings (SSSR count). The third kappa shape index (κ3) is 4.90. The fourth-order valence-electron chi connectivity index (χ4n) is 2.80. The van der Waals surface area contributed by atoms with Gasteiger partial charge in [0.2, 0.25) is 15.9 Å². The van der Waals surface area contributed by atoms with E-state index in [2.05, 4.69) is 10.4 Å². The van der Waals surface area contributed by atoms with E-state index in [1.807, 2.05) is 0 Å². The first-order valence-electron chi connectivity index (χ1n) is 8.93. The van der Waals surface area contributed by atoms with Crippen LogP contribution in [0.2, 0.25) is 0 Å². The summed E-state index contributed by atoms with van der Waals surface area (Å²) in [5, 5.41) is 22.1. The first-order chi connectivity index (χ1) is 13.9. The van der Waals surface area contributed by atoms with Gasteiger partial charge in [0.25, 0.3) is 0 Å². The monoisotopic (exact) mass is 432 g/mol. The number of benzene rings is 2. The molecule has 0 spiro atoms. The molecule has 8 nitrogen and oxygen atoms in total. The van der Waals surface area contributed by atoms with Crippen LogP contribution in [0.4, 0.5) is 10.1 Å². The highest BCUT2D eigenvalue weighted by Crippen LogP contribution is 2.26. The summed E-state index contributed by atoms with van der Waals surface area (Å²) in [6, 6.07) is 10.00. The second-order valence-electron chi connectivity index (χ2n) is 7.28. The van der Waals surface area contributed by atoms with E-state index >= 15 is 0 Å². The summed E-state index contributed by atoms with van der Waals surface area (Å²) in [7, 11) is -4.17. The van der Waals surface area contributed by atoms with Crippen LogP contribution in [-0.4, -0.2) is 29.2 Å². The second-order valence-corrected chi connectivity index (χ2v) is 8.81. The lowest BCUT2D eigenvalue weighted by molar-refractivity contribution is -0.115. The van der Waals surface area contributed by atoms with Crippen molar-refractivity contribution in [2.75, 3.05) is 5.32 Å². The average Bonchev–Trinajstić information content (AvgIpc) is 3.13. The minimum atomic E-state index is -4.17. The van der Waals surface area contributed by atoms with Crippen molar-refractivity contribution in [3.05, 3.63) is 71.8 Å². The molecule has 0 atom stereocenters. The lowest BCUT2D eigenvalue weighted by Crippen LogP contribution is -2.18. The van der Waals surface area contributed by atoms with E-state index in [4.69, 9.17) is 5.14 Å². The molecular formula is C20H21FN4O4S. The zero-order valence-corrected chi connectivity index (χ0v) is 17.1. The minimum Gasteiger partial charge on any atom is -0.386 e. The van der Waals surface area contributed by atoms with Crippen molar-refractivity contribution in [2.24, 2.45) is 5.14 Å². The number of nitrogens with zero attached hydrogens (tertiary/aromatic N) is 2. The molecule has 3 aromatic rings. The molecule has 4 N–H and O–H groups in total. The van der Waals surface area contributed by atoms with Gasteiger partial charge in [-0.15, -0.1) is 0 Å². The first-order valence-corrected chi connectivity index (χ1v) is 10.5. The Morgan fingerprint density at radius 1 is 1.27 bits per heavy atom. The summed E-state index contributed by atoms with van der Waals surface area (Å²) in [6.45, 7) is 3.15. The number of anilines is 1. The third-order valence-corrected chi connectivity index (χ3v) is 5.33. The Balaban J connectivity index is 1.91. The van der Waals surface area contributed by atoms with Crippen molar-refractivity contribution in [3.8, 4) is 5.69 Å². The lowest BCUT2D eigenvalue weighted by Gasteiger charge is -2.14. The maximum atomic E-state index is 13.7. The topological polar surface area (TPSA) is 127 Å². The molecule has 0 aliphatic heterocycles. The normalized spacial score (nSPS) is 12.0. The van der Waals surface area contributed by atoms with Crippen LogP contribution in [0.25, 0.3) is 5.69 Å². The Bertz CT molecular complexity index is 1200. The van der Waals surface area contributed by atoms with Crippen LogP contribution in [0.15, 0.2) is 59.8 Å². The standard InChI is InChI=1S/C20H21FN4O4S/c1-20(2,27)14-11-23-25(12-14)17-8-7-15(10-18(17)30(22,28)29)24-19(26)9-13-5-3-4-6-16(13)21/h3-8,10-12,27H,9H2,1-2H3,(H,24,26)(H2,22,28,29). The summed E-state index contributed by atoms with van der Waals surface area (Å²) in [5.41, 5.74) is -0.140. The number of halogens is 1. The van der Waals surface area contributed by atoms with Crippen LogP contribution >= 0.6 is 0 Å². The number of primary sulfonamides is 1. The number of hydrogen-bond acceptors (Lipinski definition) is 5. The van der Waals surface area contributed by atoms with Gasteiger partial charge in [0, 0.05) is 17.4 Å². The zero-order chi connectivity index (χ0) is 22.1. The van der Waals surface area contributed by atoms with E-state index in [0.29, 0.717) is 5.56 Å². The SMILES string of the molecule is CC(C)(O)c1cnn(-c2ccc(NC(=O)Cc3ccccc3F)cc2S(N)(=O)=O)c1. The Morgan fingerprint density at radius 3 is 2.57 bits per heavy atom. The van der Waals surface area contributed by atoms with Crippen molar-refractivity contribution in [1.29, 1.82) is 0 Å². The van der Waals surface area contributed by atoms with Gasteiger partial charge >= 0.3 is 0 Å². The summed E-state index contributed by atoms with van der Waals surface area (Å²) >= 11 is 0. The number of sulfonamides is 1. The van der Waals surface area contributed by atoms with Crippen molar-refractivity contribution in [3.63, 3.8) is 0 Å². The number of nitrogens with one attached hydrogen (secondary N) is 1. The summed E-state index contributed by atoms with van der Waals surface area (Å²) < 4.78 is 39.3. The fourth-order valence-corrected chi connectivity index (χ4v) is 3.54. The number of rotatable bonds is 6. The van der Waals surface area contributed by atoms with Gasteiger partial charge in [-0.2, -0.15) is 5.10 Å². The van der Waals surface area contributed by atoms with E-state index in [-0.39, 0.29) is 28.3 Å². The maximum Gasteiger partial charge on any atom is 0.240 e.